The normalized spacial score (nSPS) is 27.4. The number of para-hydroxylation sites is 1. The number of rotatable bonds is 4. The monoisotopic (exact) mass is 235 g/mol. The van der Waals surface area contributed by atoms with Crippen LogP contribution < -0.4 is 10.1 Å². The summed E-state index contributed by atoms with van der Waals surface area (Å²) in [6.45, 7) is 2.89. The molecule has 2 atom stereocenters. The fourth-order valence-electron chi connectivity index (χ4n) is 2.44. The van der Waals surface area contributed by atoms with Crippen molar-refractivity contribution in [3.8, 4) is 5.75 Å². The minimum atomic E-state index is -0.141. The predicted octanol–water partition coefficient (Wildman–Crippen LogP) is 2.52. The maximum absolute atomic E-state index is 6.13. The Balaban J connectivity index is 2.23. The highest BCUT2D eigenvalue weighted by atomic mass is 16.5. The molecule has 0 saturated heterocycles. The van der Waals surface area contributed by atoms with E-state index in [0.717, 1.165) is 25.2 Å². The van der Waals surface area contributed by atoms with E-state index in [-0.39, 0.29) is 5.60 Å². The van der Waals surface area contributed by atoms with Gasteiger partial charge in [-0.15, -0.1) is 0 Å². The maximum Gasteiger partial charge on any atom is 0.124 e. The molecule has 2 rings (SSSR count). The number of benzene rings is 1. The summed E-state index contributed by atoms with van der Waals surface area (Å²) in [5, 5.41) is 3.37. The molecule has 0 aromatic heterocycles. The molecule has 94 valence electrons. The van der Waals surface area contributed by atoms with Crippen LogP contribution in [0.2, 0.25) is 0 Å². The van der Waals surface area contributed by atoms with Gasteiger partial charge in [0.25, 0.3) is 0 Å². The third kappa shape index (κ3) is 2.61. The van der Waals surface area contributed by atoms with Gasteiger partial charge in [-0.2, -0.15) is 0 Å². The van der Waals surface area contributed by atoms with E-state index >= 15 is 0 Å². The predicted molar refractivity (Wildman–Crippen MR) is 68.4 cm³/mol. The quantitative estimate of drug-likeness (QED) is 0.870. The van der Waals surface area contributed by atoms with Gasteiger partial charge < -0.3 is 14.8 Å². The third-order valence-corrected chi connectivity index (χ3v) is 3.47. The Morgan fingerprint density at radius 2 is 2.24 bits per heavy atom. The lowest BCUT2D eigenvalue weighted by Gasteiger charge is -2.40. The smallest absolute Gasteiger partial charge is 0.124 e. The second-order valence-corrected chi connectivity index (χ2v) is 4.88. The summed E-state index contributed by atoms with van der Waals surface area (Å²) in [5.41, 5.74) is 1.11. The molecule has 0 bridgehead atoms. The third-order valence-electron chi connectivity index (χ3n) is 3.47. The van der Waals surface area contributed by atoms with E-state index in [1.807, 2.05) is 19.2 Å². The van der Waals surface area contributed by atoms with Gasteiger partial charge in [0.1, 0.15) is 11.4 Å². The minimum absolute atomic E-state index is 0.141. The summed E-state index contributed by atoms with van der Waals surface area (Å²) in [6.07, 6.45) is 1.89. The van der Waals surface area contributed by atoms with E-state index in [2.05, 4.69) is 24.4 Å². The van der Waals surface area contributed by atoms with E-state index in [0.29, 0.717) is 6.04 Å². The van der Waals surface area contributed by atoms with Crippen LogP contribution in [0.3, 0.4) is 0 Å². The lowest BCUT2D eigenvalue weighted by atomic mass is 9.86. The molecule has 0 aliphatic carbocycles. The van der Waals surface area contributed by atoms with Crippen LogP contribution in [0.1, 0.15) is 31.4 Å². The molecule has 17 heavy (non-hydrogen) atoms. The Morgan fingerprint density at radius 1 is 1.47 bits per heavy atom. The van der Waals surface area contributed by atoms with Crippen LogP contribution in [0.4, 0.5) is 0 Å². The molecule has 1 aromatic carbocycles. The zero-order valence-corrected chi connectivity index (χ0v) is 10.8. The zero-order chi connectivity index (χ0) is 12.3. The molecule has 1 N–H and O–H groups in total. The summed E-state index contributed by atoms with van der Waals surface area (Å²) in [4.78, 5) is 0. The van der Waals surface area contributed by atoms with E-state index < -0.39 is 0 Å². The topological polar surface area (TPSA) is 30.5 Å². The van der Waals surface area contributed by atoms with Gasteiger partial charge in [-0.1, -0.05) is 18.2 Å². The molecule has 0 saturated carbocycles. The average Bonchev–Trinajstić information content (AvgIpc) is 2.35. The van der Waals surface area contributed by atoms with Crippen LogP contribution in [0.25, 0.3) is 0 Å². The Bertz CT molecular complexity index is 380. The summed E-state index contributed by atoms with van der Waals surface area (Å²) in [6, 6.07) is 8.62. The van der Waals surface area contributed by atoms with Crippen molar-refractivity contribution < 1.29 is 9.47 Å². The van der Waals surface area contributed by atoms with Gasteiger partial charge in [0.15, 0.2) is 0 Å². The van der Waals surface area contributed by atoms with Crippen molar-refractivity contribution in [3.05, 3.63) is 29.8 Å². The number of hydrogen-bond acceptors (Lipinski definition) is 3. The number of methoxy groups -OCH3 is 1. The Morgan fingerprint density at radius 3 is 2.94 bits per heavy atom. The molecule has 2 unspecified atom stereocenters. The highest BCUT2D eigenvalue weighted by molar-refractivity contribution is 5.38. The van der Waals surface area contributed by atoms with Gasteiger partial charge in [0.2, 0.25) is 0 Å². The van der Waals surface area contributed by atoms with Gasteiger partial charge in [0, 0.05) is 38.2 Å². The van der Waals surface area contributed by atoms with Gasteiger partial charge in [-0.25, -0.2) is 0 Å². The number of ether oxygens (including phenoxy) is 2. The Hall–Kier alpha value is -1.06. The molecular formula is C14H21NO2. The van der Waals surface area contributed by atoms with Crippen molar-refractivity contribution in [2.75, 3.05) is 20.8 Å². The second-order valence-electron chi connectivity index (χ2n) is 4.88. The highest BCUT2D eigenvalue weighted by Gasteiger charge is 2.36. The number of nitrogens with one attached hydrogen (secondary N) is 1. The minimum Gasteiger partial charge on any atom is -0.487 e. The van der Waals surface area contributed by atoms with Crippen LogP contribution in [-0.2, 0) is 4.74 Å². The maximum atomic E-state index is 6.13. The van der Waals surface area contributed by atoms with Crippen molar-refractivity contribution in [3.63, 3.8) is 0 Å². The highest BCUT2D eigenvalue weighted by Crippen LogP contribution is 2.40. The molecule has 1 aromatic rings. The summed E-state index contributed by atoms with van der Waals surface area (Å²) < 4.78 is 11.3. The van der Waals surface area contributed by atoms with Crippen molar-refractivity contribution in [1.82, 2.24) is 5.32 Å². The molecule has 3 heteroatoms. The van der Waals surface area contributed by atoms with Crippen molar-refractivity contribution in [2.45, 2.75) is 31.4 Å². The molecule has 0 fully saturated rings. The van der Waals surface area contributed by atoms with Gasteiger partial charge in [-0.05, 0) is 20.0 Å². The van der Waals surface area contributed by atoms with Crippen LogP contribution >= 0.6 is 0 Å². The molecule has 3 nitrogen and oxygen atoms in total. The van der Waals surface area contributed by atoms with Gasteiger partial charge in [0.05, 0.1) is 0 Å². The second kappa shape index (κ2) is 5.07. The fourth-order valence-corrected chi connectivity index (χ4v) is 2.44. The largest absolute Gasteiger partial charge is 0.487 e. The summed E-state index contributed by atoms with van der Waals surface area (Å²) in [5.74, 6) is 0.997. The van der Waals surface area contributed by atoms with Crippen molar-refractivity contribution in [1.29, 1.82) is 0 Å². The van der Waals surface area contributed by atoms with Crippen molar-refractivity contribution in [2.24, 2.45) is 0 Å². The standard InChI is InChI=1S/C14H21NO2/c1-14(8-9-16-3)10-12(15-2)11-6-4-5-7-13(11)17-14/h4-7,12,15H,8-10H2,1-3H3. The summed E-state index contributed by atoms with van der Waals surface area (Å²) in [7, 11) is 3.74. The molecule has 0 spiro atoms. The molecule has 1 aliphatic heterocycles. The number of fused-ring (bicyclic) bond motifs is 1. The van der Waals surface area contributed by atoms with Crippen LogP contribution in [-0.4, -0.2) is 26.4 Å². The Labute approximate surface area is 103 Å². The molecular weight excluding hydrogens is 214 g/mol. The first kappa shape index (κ1) is 12.4. The SMILES string of the molecule is CNC1CC(C)(CCOC)Oc2ccccc21. The molecule has 0 radical (unpaired) electrons. The fraction of sp³-hybridized carbons (Fsp3) is 0.571. The van der Waals surface area contributed by atoms with E-state index in [1.165, 1.54) is 5.56 Å². The lowest BCUT2D eigenvalue weighted by Crippen LogP contribution is -2.41. The van der Waals surface area contributed by atoms with E-state index in [4.69, 9.17) is 9.47 Å². The molecule has 1 heterocycles. The lowest BCUT2D eigenvalue weighted by molar-refractivity contribution is 0.0179. The first-order valence-electron chi connectivity index (χ1n) is 6.13. The first-order valence-corrected chi connectivity index (χ1v) is 6.13. The first-order chi connectivity index (χ1) is 8.18. The number of hydrogen-bond donors (Lipinski definition) is 1. The van der Waals surface area contributed by atoms with Crippen LogP contribution in [0.15, 0.2) is 24.3 Å². The summed E-state index contributed by atoms with van der Waals surface area (Å²) >= 11 is 0. The van der Waals surface area contributed by atoms with E-state index in [9.17, 15) is 0 Å². The Kier molecular flexibility index (Phi) is 3.69. The molecule has 1 aliphatic rings. The van der Waals surface area contributed by atoms with Crippen molar-refractivity contribution >= 4 is 0 Å². The average molecular weight is 235 g/mol. The van der Waals surface area contributed by atoms with Crippen LogP contribution in [0.5, 0.6) is 5.75 Å². The van der Waals surface area contributed by atoms with Crippen LogP contribution in [0, 0.1) is 0 Å². The molecule has 0 amide bonds. The zero-order valence-electron chi connectivity index (χ0n) is 10.8. The van der Waals surface area contributed by atoms with Gasteiger partial charge >= 0.3 is 0 Å². The van der Waals surface area contributed by atoms with Gasteiger partial charge in [-0.3, -0.25) is 0 Å². The van der Waals surface area contributed by atoms with E-state index in [1.54, 1.807) is 7.11 Å².